The van der Waals surface area contributed by atoms with Gasteiger partial charge in [0.1, 0.15) is 11.6 Å². The number of hydrogen-bond acceptors (Lipinski definition) is 3. The van der Waals surface area contributed by atoms with E-state index in [2.05, 4.69) is 26.6 Å². The zero-order chi connectivity index (χ0) is 18.4. The van der Waals surface area contributed by atoms with Gasteiger partial charge in [0.25, 0.3) is 11.8 Å². The first-order chi connectivity index (χ1) is 11.9. The highest BCUT2D eigenvalue weighted by Crippen LogP contribution is 2.25. The molecule has 0 saturated carbocycles. The van der Waals surface area contributed by atoms with Gasteiger partial charge in [-0.1, -0.05) is 12.1 Å². The number of ether oxygens (including phenoxy) is 1. The van der Waals surface area contributed by atoms with E-state index < -0.39 is 11.7 Å². The second-order valence-corrected chi connectivity index (χ2v) is 6.44. The molecule has 2 amide bonds. The van der Waals surface area contributed by atoms with Crippen molar-refractivity contribution in [2.45, 2.75) is 19.9 Å². The van der Waals surface area contributed by atoms with Crippen LogP contribution >= 0.6 is 15.9 Å². The van der Waals surface area contributed by atoms with E-state index in [-0.39, 0.29) is 18.6 Å². The van der Waals surface area contributed by atoms with Gasteiger partial charge in [-0.25, -0.2) is 4.39 Å². The molecule has 0 heterocycles. The van der Waals surface area contributed by atoms with E-state index >= 15 is 0 Å². The van der Waals surface area contributed by atoms with Gasteiger partial charge in [-0.15, -0.1) is 0 Å². The van der Waals surface area contributed by atoms with Crippen LogP contribution in [0, 0.1) is 5.82 Å². The van der Waals surface area contributed by atoms with E-state index in [4.69, 9.17) is 4.74 Å². The van der Waals surface area contributed by atoms with Crippen molar-refractivity contribution in [1.82, 2.24) is 5.32 Å². The number of benzene rings is 2. The Kier molecular flexibility index (Phi) is 6.52. The molecule has 2 N–H and O–H groups in total. The van der Waals surface area contributed by atoms with E-state index in [1.165, 1.54) is 18.2 Å². The predicted octanol–water partition coefficient (Wildman–Crippen LogP) is 3.74. The number of para-hydroxylation sites is 1. The highest BCUT2D eigenvalue weighted by atomic mass is 79.9. The van der Waals surface area contributed by atoms with Crippen LogP contribution in [0.25, 0.3) is 0 Å². The molecule has 0 saturated heterocycles. The largest absolute Gasteiger partial charge is 0.483 e. The van der Waals surface area contributed by atoms with Gasteiger partial charge < -0.3 is 15.4 Å². The number of carbonyl (C=O) groups is 2. The topological polar surface area (TPSA) is 67.4 Å². The molecule has 2 aromatic rings. The Hall–Kier alpha value is -2.41. The van der Waals surface area contributed by atoms with Crippen LogP contribution in [-0.2, 0) is 4.79 Å². The molecular formula is C18H18BrFN2O3. The molecule has 0 aliphatic heterocycles. The molecular weight excluding hydrogens is 391 g/mol. The first-order valence-electron chi connectivity index (χ1n) is 7.64. The van der Waals surface area contributed by atoms with Crippen molar-refractivity contribution >= 4 is 33.4 Å². The molecule has 7 heteroatoms. The van der Waals surface area contributed by atoms with Crippen molar-refractivity contribution in [2.24, 2.45) is 0 Å². The quantitative estimate of drug-likeness (QED) is 0.764. The minimum absolute atomic E-state index is 0.0181. The molecule has 132 valence electrons. The lowest BCUT2D eigenvalue weighted by atomic mass is 10.1. The molecule has 2 rings (SSSR count). The molecule has 0 aromatic heterocycles. The maximum absolute atomic E-state index is 13.0. The summed E-state index contributed by atoms with van der Waals surface area (Å²) in [5, 5.41) is 5.43. The van der Waals surface area contributed by atoms with E-state index in [9.17, 15) is 14.0 Å². The summed E-state index contributed by atoms with van der Waals surface area (Å²) in [6, 6.07) is 10.6. The number of hydrogen-bond donors (Lipinski definition) is 2. The molecule has 0 atom stereocenters. The Morgan fingerprint density at radius 3 is 2.60 bits per heavy atom. The molecule has 0 radical (unpaired) electrons. The maximum atomic E-state index is 13.0. The normalized spacial score (nSPS) is 10.4. The van der Waals surface area contributed by atoms with Crippen molar-refractivity contribution < 1.29 is 18.7 Å². The monoisotopic (exact) mass is 408 g/mol. The molecule has 5 nitrogen and oxygen atoms in total. The number of amides is 2. The number of halogens is 2. The second kappa shape index (κ2) is 8.62. The van der Waals surface area contributed by atoms with Crippen LogP contribution < -0.4 is 15.4 Å². The minimum Gasteiger partial charge on any atom is -0.483 e. The zero-order valence-corrected chi connectivity index (χ0v) is 15.4. The average molecular weight is 409 g/mol. The van der Waals surface area contributed by atoms with Crippen LogP contribution in [0.15, 0.2) is 46.9 Å². The SMILES string of the molecule is CC(C)NC(=O)c1ccccc1NC(=O)COc1ccc(F)cc1Br. The third-order valence-corrected chi connectivity index (χ3v) is 3.74. The van der Waals surface area contributed by atoms with E-state index in [1.807, 2.05) is 13.8 Å². The van der Waals surface area contributed by atoms with Crippen LogP contribution in [0.5, 0.6) is 5.75 Å². The predicted molar refractivity (Wildman–Crippen MR) is 97.3 cm³/mol. The number of nitrogens with one attached hydrogen (secondary N) is 2. The van der Waals surface area contributed by atoms with Crippen molar-refractivity contribution in [2.75, 3.05) is 11.9 Å². The molecule has 0 unspecified atom stereocenters. The van der Waals surface area contributed by atoms with Crippen molar-refractivity contribution in [1.29, 1.82) is 0 Å². The van der Waals surface area contributed by atoms with Gasteiger partial charge in [-0.3, -0.25) is 9.59 Å². The third-order valence-electron chi connectivity index (χ3n) is 3.12. The molecule has 25 heavy (non-hydrogen) atoms. The number of anilines is 1. The molecule has 0 bridgehead atoms. The van der Waals surface area contributed by atoms with Crippen molar-refractivity contribution in [3.8, 4) is 5.75 Å². The van der Waals surface area contributed by atoms with Gasteiger partial charge in [-0.2, -0.15) is 0 Å². The smallest absolute Gasteiger partial charge is 0.262 e. The van der Waals surface area contributed by atoms with E-state index in [1.54, 1.807) is 24.3 Å². The van der Waals surface area contributed by atoms with Crippen molar-refractivity contribution in [3.05, 3.63) is 58.3 Å². The van der Waals surface area contributed by atoms with Crippen LogP contribution in [0.3, 0.4) is 0 Å². The standard InChI is InChI=1S/C18H18BrFN2O3/c1-11(2)21-18(24)13-5-3-4-6-15(13)22-17(23)10-25-16-8-7-12(20)9-14(16)19/h3-9,11H,10H2,1-2H3,(H,21,24)(H,22,23). The third kappa shape index (κ3) is 5.56. The lowest BCUT2D eigenvalue weighted by molar-refractivity contribution is -0.118. The molecule has 2 aromatic carbocycles. The Morgan fingerprint density at radius 1 is 1.20 bits per heavy atom. The summed E-state index contributed by atoms with van der Waals surface area (Å²) in [7, 11) is 0. The lowest BCUT2D eigenvalue weighted by Gasteiger charge is -2.13. The molecule has 0 fully saturated rings. The molecule has 0 aliphatic carbocycles. The summed E-state index contributed by atoms with van der Waals surface area (Å²) in [4.78, 5) is 24.3. The van der Waals surface area contributed by atoms with Crippen LogP contribution in [0.4, 0.5) is 10.1 Å². The minimum atomic E-state index is -0.430. The van der Waals surface area contributed by atoms with E-state index in [0.29, 0.717) is 21.5 Å². The summed E-state index contributed by atoms with van der Waals surface area (Å²) >= 11 is 3.17. The second-order valence-electron chi connectivity index (χ2n) is 5.59. The summed E-state index contributed by atoms with van der Waals surface area (Å²) in [5.74, 6) is -0.759. The van der Waals surface area contributed by atoms with Crippen LogP contribution in [0.1, 0.15) is 24.2 Å². The fourth-order valence-electron chi connectivity index (χ4n) is 2.05. The fourth-order valence-corrected chi connectivity index (χ4v) is 2.52. The number of rotatable bonds is 6. The van der Waals surface area contributed by atoms with Crippen LogP contribution in [0.2, 0.25) is 0 Å². The molecule has 0 spiro atoms. The van der Waals surface area contributed by atoms with Gasteiger partial charge in [-0.05, 0) is 60.1 Å². The first-order valence-corrected chi connectivity index (χ1v) is 8.43. The lowest BCUT2D eigenvalue weighted by Crippen LogP contribution is -2.31. The van der Waals surface area contributed by atoms with Crippen molar-refractivity contribution in [3.63, 3.8) is 0 Å². The first kappa shape index (κ1) is 18.9. The Balaban J connectivity index is 2.02. The Labute approximate surface area is 153 Å². The van der Waals surface area contributed by atoms with Gasteiger partial charge in [0.2, 0.25) is 0 Å². The highest BCUT2D eigenvalue weighted by molar-refractivity contribution is 9.10. The summed E-state index contributed by atoms with van der Waals surface area (Å²) in [6.07, 6.45) is 0. The van der Waals surface area contributed by atoms with Crippen LogP contribution in [-0.4, -0.2) is 24.5 Å². The molecule has 0 aliphatic rings. The van der Waals surface area contributed by atoms with Gasteiger partial charge >= 0.3 is 0 Å². The summed E-state index contributed by atoms with van der Waals surface area (Å²) in [6.45, 7) is 3.44. The summed E-state index contributed by atoms with van der Waals surface area (Å²) < 4.78 is 18.8. The average Bonchev–Trinajstić information content (AvgIpc) is 2.54. The van der Waals surface area contributed by atoms with Gasteiger partial charge in [0.15, 0.2) is 6.61 Å². The van der Waals surface area contributed by atoms with Gasteiger partial charge in [0.05, 0.1) is 15.7 Å². The van der Waals surface area contributed by atoms with E-state index in [0.717, 1.165) is 0 Å². The maximum Gasteiger partial charge on any atom is 0.262 e. The summed E-state index contributed by atoms with van der Waals surface area (Å²) in [5.41, 5.74) is 0.764. The Bertz CT molecular complexity index is 781. The zero-order valence-electron chi connectivity index (χ0n) is 13.8. The Morgan fingerprint density at radius 2 is 1.92 bits per heavy atom. The highest BCUT2D eigenvalue weighted by Gasteiger charge is 2.14. The number of carbonyl (C=O) groups excluding carboxylic acids is 2. The van der Waals surface area contributed by atoms with Gasteiger partial charge in [0, 0.05) is 6.04 Å². The fraction of sp³-hybridized carbons (Fsp3) is 0.222.